The highest BCUT2D eigenvalue weighted by Gasteiger charge is 2.25. The number of aryl methyl sites for hydroxylation is 2. The number of rotatable bonds is 15. The molecule has 0 saturated heterocycles. The third-order valence-corrected chi connectivity index (χ3v) is 9.20. The standard InChI is InChI=1S/C22H25NO5.C17H17NO3.C5H9BrO2/c1-3-27-22(25)12-13-23-20-10-9-19(14-17(20)6-11-21(23)24)28-15-16-4-7-18(26-2)8-5-16;1-20-14-5-2-12(3-6-14)11-21-15-7-8-16-13(10-15)4-9-17(19)18-16;1-2-8-5(7)3-4-6/h4-5,7-10,14H,3,6,11-13,15H2,1-2H3;2-3,5-8,10H,4,9,11H2,1H3,(H,18,19);2-4H2,1H3. The van der Waals surface area contributed by atoms with Crippen LogP contribution in [0.15, 0.2) is 84.9 Å². The molecule has 0 saturated carbocycles. The first kappa shape index (κ1) is 44.2. The van der Waals surface area contributed by atoms with Gasteiger partial charge in [-0.2, -0.15) is 0 Å². The number of hydrogen-bond acceptors (Lipinski definition) is 10. The molecule has 2 aliphatic heterocycles. The average molecular weight is 848 g/mol. The van der Waals surface area contributed by atoms with Gasteiger partial charge in [-0.15, -0.1) is 0 Å². The lowest BCUT2D eigenvalue weighted by atomic mass is 10.0. The molecule has 2 heterocycles. The van der Waals surface area contributed by atoms with E-state index in [1.165, 1.54) is 0 Å². The molecule has 13 heteroatoms. The van der Waals surface area contributed by atoms with E-state index in [1.54, 1.807) is 33.0 Å². The number of halogens is 1. The van der Waals surface area contributed by atoms with Crippen molar-refractivity contribution in [1.82, 2.24) is 0 Å². The summed E-state index contributed by atoms with van der Waals surface area (Å²) in [4.78, 5) is 47.3. The van der Waals surface area contributed by atoms with Gasteiger partial charge in [0.25, 0.3) is 0 Å². The monoisotopic (exact) mass is 846 g/mol. The van der Waals surface area contributed by atoms with Crippen LogP contribution in [-0.2, 0) is 54.7 Å². The summed E-state index contributed by atoms with van der Waals surface area (Å²) < 4.78 is 31.6. The minimum Gasteiger partial charge on any atom is -0.497 e. The predicted molar refractivity (Wildman–Crippen MR) is 221 cm³/mol. The van der Waals surface area contributed by atoms with Gasteiger partial charge in [-0.3, -0.25) is 19.2 Å². The molecular formula is C44H51BrN2O10. The van der Waals surface area contributed by atoms with Gasteiger partial charge < -0.3 is 38.6 Å². The third kappa shape index (κ3) is 14.5. The number of hydrogen-bond donors (Lipinski definition) is 1. The van der Waals surface area contributed by atoms with Gasteiger partial charge in [0.15, 0.2) is 0 Å². The van der Waals surface area contributed by atoms with Crippen LogP contribution in [0.1, 0.15) is 61.8 Å². The van der Waals surface area contributed by atoms with Crippen molar-refractivity contribution in [3.63, 3.8) is 0 Å². The number of methoxy groups -OCH3 is 2. The van der Waals surface area contributed by atoms with Gasteiger partial charge in [-0.05, 0) is 110 Å². The molecule has 0 unspecified atom stereocenters. The van der Waals surface area contributed by atoms with Crippen LogP contribution in [-0.4, -0.2) is 63.1 Å². The van der Waals surface area contributed by atoms with Crippen LogP contribution in [0.5, 0.6) is 23.0 Å². The number of nitrogens with zero attached hydrogens (tertiary/aromatic N) is 1. The van der Waals surface area contributed by atoms with E-state index < -0.39 is 0 Å². The molecule has 2 aliphatic rings. The highest BCUT2D eigenvalue weighted by Crippen LogP contribution is 2.32. The molecule has 0 radical (unpaired) electrons. The molecule has 2 amide bonds. The Morgan fingerprint density at radius 2 is 1.16 bits per heavy atom. The van der Waals surface area contributed by atoms with Crippen molar-refractivity contribution in [2.75, 3.05) is 49.5 Å². The van der Waals surface area contributed by atoms with E-state index in [1.807, 2.05) is 84.9 Å². The molecule has 0 aliphatic carbocycles. The Morgan fingerprint density at radius 3 is 1.70 bits per heavy atom. The third-order valence-electron chi connectivity index (χ3n) is 8.80. The summed E-state index contributed by atoms with van der Waals surface area (Å²) in [6.45, 7) is 5.68. The lowest BCUT2D eigenvalue weighted by Crippen LogP contribution is -2.36. The Hall–Kier alpha value is -5.56. The number of anilines is 2. The number of fused-ring (bicyclic) bond motifs is 2. The van der Waals surface area contributed by atoms with Gasteiger partial charge in [-0.25, -0.2) is 0 Å². The van der Waals surface area contributed by atoms with Crippen LogP contribution in [0.3, 0.4) is 0 Å². The predicted octanol–water partition coefficient (Wildman–Crippen LogP) is 8.00. The van der Waals surface area contributed by atoms with Gasteiger partial charge in [0.05, 0.1) is 40.3 Å². The summed E-state index contributed by atoms with van der Waals surface area (Å²) in [6, 6.07) is 27.0. The van der Waals surface area contributed by atoms with Crippen molar-refractivity contribution in [3.05, 3.63) is 107 Å². The topological polar surface area (TPSA) is 139 Å². The summed E-state index contributed by atoms with van der Waals surface area (Å²) in [7, 11) is 3.29. The van der Waals surface area contributed by atoms with Crippen LogP contribution in [0.4, 0.5) is 11.4 Å². The molecule has 0 spiro atoms. The molecular weight excluding hydrogens is 796 g/mol. The molecule has 0 bridgehead atoms. The summed E-state index contributed by atoms with van der Waals surface area (Å²) >= 11 is 3.12. The number of benzene rings is 4. The molecule has 0 fully saturated rings. The number of carbonyl (C=O) groups excluding carboxylic acids is 4. The second kappa shape index (κ2) is 23.5. The van der Waals surface area contributed by atoms with E-state index in [4.69, 9.17) is 23.7 Å². The van der Waals surface area contributed by atoms with Crippen molar-refractivity contribution >= 4 is 51.1 Å². The van der Waals surface area contributed by atoms with Crippen molar-refractivity contribution in [2.45, 2.75) is 65.6 Å². The van der Waals surface area contributed by atoms with Crippen molar-refractivity contribution in [3.8, 4) is 23.0 Å². The van der Waals surface area contributed by atoms with E-state index >= 15 is 0 Å². The Morgan fingerprint density at radius 1 is 0.649 bits per heavy atom. The highest BCUT2D eigenvalue weighted by atomic mass is 79.9. The van der Waals surface area contributed by atoms with Gasteiger partial charge >= 0.3 is 11.9 Å². The van der Waals surface area contributed by atoms with Gasteiger partial charge in [-0.1, -0.05) is 40.2 Å². The van der Waals surface area contributed by atoms with Crippen LogP contribution < -0.4 is 29.2 Å². The van der Waals surface area contributed by atoms with Crippen LogP contribution in [0, 0.1) is 0 Å². The summed E-state index contributed by atoms with van der Waals surface area (Å²) in [5, 5.41) is 3.55. The zero-order valence-electron chi connectivity index (χ0n) is 33.0. The summed E-state index contributed by atoms with van der Waals surface area (Å²) in [6.07, 6.45) is 3.06. The average Bonchev–Trinajstić information content (AvgIpc) is 3.23. The van der Waals surface area contributed by atoms with Gasteiger partial charge in [0.2, 0.25) is 11.8 Å². The fourth-order valence-corrected chi connectivity index (χ4v) is 6.17. The van der Waals surface area contributed by atoms with Crippen molar-refractivity contribution in [2.24, 2.45) is 0 Å². The SMILES string of the molecule is CCOC(=O)CCBr.CCOC(=O)CCN1C(=O)CCc2cc(OCc3ccc(OC)cc3)ccc21.COc1ccc(COc2ccc3c(c2)CCC(=O)N3)cc1. The number of amides is 2. The fraction of sp³-hybridized carbons (Fsp3) is 0.364. The molecule has 6 rings (SSSR count). The zero-order valence-corrected chi connectivity index (χ0v) is 34.6. The van der Waals surface area contributed by atoms with E-state index in [0.29, 0.717) is 64.0 Å². The Labute approximate surface area is 342 Å². The first-order valence-corrected chi connectivity index (χ1v) is 20.0. The number of alkyl halides is 1. The number of carbonyl (C=O) groups is 4. The van der Waals surface area contributed by atoms with E-state index in [2.05, 4.69) is 26.0 Å². The lowest BCUT2D eigenvalue weighted by molar-refractivity contribution is -0.143. The van der Waals surface area contributed by atoms with Crippen molar-refractivity contribution < 1.29 is 47.6 Å². The number of esters is 2. The largest absolute Gasteiger partial charge is 0.497 e. The number of nitrogens with one attached hydrogen (secondary N) is 1. The Balaban J connectivity index is 0.000000218. The minimum absolute atomic E-state index is 0.0312. The second-order valence-electron chi connectivity index (χ2n) is 12.8. The summed E-state index contributed by atoms with van der Waals surface area (Å²) in [5.41, 5.74) is 6.05. The second-order valence-corrected chi connectivity index (χ2v) is 13.6. The molecule has 304 valence electrons. The van der Waals surface area contributed by atoms with Crippen LogP contribution in [0.25, 0.3) is 0 Å². The molecule has 12 nitrogen and oxygen atoms in total. The molecule has 0 aromatic heterocycles. The maximum atomic E-state index is 12.3. The molecule has 4 aromatic carbocycles. The van der Waals surface area contributed by atoms with Crippen LogP contribution >= 0.6 is 15.9 Å². The molecule has 1 N–H and O–H groups in total. The number of ether oxygens (including phenoxy) is 6. The van der Waals surface area contributed by atoms with E-state index in [9.17, 15) is 19.2 Å². The Bertz CT molecular complexity index is 1910. The minimum atomic E-state index is -0.290. The highest BCUT2D eigenvalue weighted by molar-refractivity contribution is 9.09. The smallest absolute Gasteiger partial charge is 0.307 e. The first-order chi connectivity index (χ1) is 27.7. The lowest BCUT2D eigenvalue weighted by Gasteiger charge is -2.29. The normalized spacial score (nSPS) is 12.5. The molecule has 4 aromatic rings. The molecule has 0 atom stereocenters. The van der Waals surface area contributed by atoms with Crippen LogP contribution in [0.2, 0.25) is 0 Å². The maximum absolute atomic E-state index is 12.3. The quantitative estimate of drug-likeness (QED) is 0.0926. The van der Waals surface area contributed by atoms with Gasteiger partial charge in [0.1, 0.15) is 36.2 Å². The van der Waals surface area contributed by atoms with E-state index in [-0.39, 0.29) is 30.2 Å². The molecule has 57 heavy (non-hydrogen) atoms. The fourth-order valence-electron chi connectivity index (χ4n) is 5.84. The first-order valence-electron chi connectivity index (χ1n) is 18.9. The van der Waals surface area contributed by atoms with E-state index in [0.717, 1.165) is 63.0 Å². The Kier molecular flexibility index (Phi) is 18.2. The summed E-state index contributed by atoms with van der Waals surface area (Å²) in [5.74, 6) is 2.91. The van der Waals surface area contributed by atoms with Crippen molar-refractivity contribution in [1.29, 1.82) is 0 Å². The van der Waals surface area contributed by atoms with Gasteiger partial charge in [0, 0.05) is 36.1 Å². The zero-order chi connectivity index (χ0) is 41.0. The maximum Gasteiger partial charge on any atom is 0.307 e.